The maximum absolute atomic E-state index is 7.10. The van der Waals surface area contributed by atoms with Crippen molar-refractivity contribution in [1.82, 2.24) is 15.7 Å². The minimum atomic E-state index is -0.110. The van der Waals surface area contributed by atoms with E-state index in [2.05, 4.69) is 9.97 Å². The van der Waals surface area contributed by atoms with Gasteiger partial charge in [0.05, 0.1) is 20.3 Å². The zero-order valence-corrected chi connectivity index (χ0v) is 6.29. The topological polar surface area (TPSA) is 68.0 Å². The molecule has 0 bridgehead atoms. The number of aromatic nitrogens is 2. The first-order chi connectivity index (χ1) is 5.26. The Labute approximate surface area is 64.2 Å². The van der Waals surface area contributed by atoms with Crippen LogP contribution in [0.2, 0.25) is 0 Å². The van der Waals surface area contributed by atoms with Crippen molar-refractivity contribution in [3.8, 4) is 11.8 Å². The van der Waals surface area contributed by atoms with Crippen LogP contribution in [0.1, 0.15) is 0 Å². The van der Waals surface area contributed by atoms with Gasteiger partial charge in [-0.3, -0.25) is 5.73 Å². The van der Waals surface area contributed by atoms with Gasteiger partial charge in [-0.1, -0.05) is 0 Å². The Bertz CT molecular complexity index is 229. The van der Waals surface area contributed by atoms with Crippen LogP contribution >= 0.6 is 0 Å². The van der Waals surface area contributed by atoms with Crippen molar-refractivity contribution < 1.29 is 9.47 Å². The first-order valence-corrected chi connectivity index (χ1v) is 2.95. The summed E-state index contributed by atoms with van der Waals surface area (Å²) in [7, 11) is 2.95. The summed E-state index contributed by atoms with van der Waals surface area (Å²) in [6.07, 6.45) is 0. The number of rotatable bonds is 2. The largest absolute Gasteiger partial charge is 0.481 e. The molecule has 0 saturated carbocycles. The van der Waals surface area contributed by atoms with E-state index >= 15 is 0 Å². The zero-order valence-electron chi connectivity index (χ0n) is 6.29. The maximum Gasteiger partial charge on any atom is 0.248 e. The van der Waals surface area contributed by atoms with E-state index in [4.69, 9.17) is 15.2 Å². The Morgan fingerprint density at radius 2 is 1.64 bits per heavy atom. The van der Waals surface area contributed by atoms with Crippen molar-refractivity contribution in [2.45, 2.75) is 0 Å². The van der Waals surface area contributed by atoms with Gasteiger partial charge in [0.25, 0.3) is 0 Å². The maximum atomic E-state index is 7.10. The number of ether oxygens (including phenoxy) is 2. The van der Waals surface area contributed by atoms with Crippen molar-refractivity contribution in [1.29, 1.82) is 0 Å². The molecule has 0 unspecified atom stereocenters. The molecule has 0 aliphatic rings. The summed E-state index contributed by atoms with van der Waals surface area (Å²) >= 11 is 0. The van der Waals surface area contributed by atoms with Gasteiger partial charge in [0.2, 0.25) is 17.7 Å². The Kier molecular flexibility index (Phi) is 2.10. The molecule has 0 aliphatic heterocycles. The molecule has 5 heteroatoms. The molecule has 5 nitrogen and oxygen atoms in total. The third-order valence-electron chi connectivity index (χ3n) is 1.10. The lowest BCUT2D eigenvalue weighted by Crippen LogP contribution is -1.94. The van der Waals surface area contributed by atoms with E-state index in [-0.39, 0.29) is 5.95 Å². The highest BCUT2D eigenvalue weighted by atomic mass is 16.5. The normalized spacial score (nSPS) is 9.27. The average Bonchev–Trinajstić information content (AvgIpc) is 2.03. The number of hydrogen-bond acceptors (Lipinski definition) is 4. The average molecular weight is 154 g/mol. The third kappa shape index (κ3) is 1.70. The minimum absolute atomic E-state index is 0.110. The number of nitrogens with zero attached hydrogens (tertiary/aromatic N) is 2. The third-order valence-corrected chi connectivity index (χ3v) is 1.10. The molecule has 1 aromatic heterocycles. The molecule has 1 aromatic rings. The van der Waals surface area contributed by atoms with E-state index in [1.54, 1.807) is 0 Å². The molecule has 0 aliphatic carbocycles. The predicted molar refractivity (Wildman–Crippen MR) is 37.9 cm³/mol. The Hall–Kier alpha value is -1.52. The van der Waals surface area contributed by atoms with E-state index in [9.17, 15) is 0 Å². The Morgan fingerprint density at radius 3 is 2.00 bits per heavy atom. The molecular formula is C6H8N3O2. The van der Waals surface area contributed by atoms with E-state index in [1.807, 2.05) is 0 Å². The van der Waals surface area contributed by atoms with Gasteiger partial charge in [-0.25, -0.2) is 0 Å². The van der Waals surface area contributed by atoms with Crippen LogP contribution in [0.3, 0.4) is 0 Å². The molecule has 0 aromatic carbocycles. The lowest BCUT2D eigenvalue weighted by molar-refractivity contribution is 0.372. The van der Waals surface area contributed by atoms with E-state index in [0.29, 0.717) is 11.8 Å². The molecule has 1 radical (unpaired) electrons. The van der Waals surface area contributed by atoms with Crippen molar-refractivity contribution in [2.75, 3.05) is 14.2 Å². The quantitative estimate of drug-likeness (QED) is 0.618. The van der Waals surface area contributed by atoms with Crippen LogP contribution < -0.4 is 15.2 Å². The number of nitrogens with one attached hydrogen (secondary N) is 1. The Morgan fingerprint density at radius 1 is 1.18 bits per heavy atom. The lowest BCUT2D eigenvalue weighted by atomic mass is 10.6. The first-order valence-electron chi connectivity index (χ1n) is 2.95. The van der Waals surface area contributed by atoms with Gasteiger partial charge >= 0.3 is 0 Å². The van der Waals surface area contributed by atoms with Gasteiger partial charge in [-0.2, -0.15) is 9.97 Å². The van der Waals surface area contributed by atoms with Gasteiger partial charge in [0.15, 0.2) is 0 Å². The number of hydrogen-bond donors (Lipinski definition) is 0. The first kappa shape index (κ1) is 7.59. The van der Waals surface area contributed by atoms with Crippen LogP contribution in [-0.4, -0.2) is 24.2 Å². The van der Waals surface area contributed by atoms with Crippen LogP contribution in [0.4, 0.5) is 5.95 Å². The van der Waals surface area contributed by atoms with E-state index in [0.717, 1.165) is 0 Å². The molecule has 1 N–H and O–H groups in total. The van der Waals surface area contributed by atoms with Gasteiger partial charge in [-0.15, -0.1) is 0 Å². The molecule has 0 atom stereocenters. The monoisotopic (exact) mass is 154 g/mol. The smallest absolute Gasteiger partial charge is 0.248 e. The summed E-state index contributed by atoms with van der Waals surface area (Å²) in [5.41, 5.74) is 7.10. The van der Waals surface area contributed by atoms with Crippen molar-refractivity contribution in [3.05, 3.63) is 6.07 Å². The summed E-state index contributed by atoms with van der Waals surface area (Å²) in [6.45, 7) is 0. The Balaban J connectivity index is 3.02. The molecule has 59 valence electrons. The lowest BCUT2D eigenvalue weighted by Gasteiger charge is -2.01. The second-order valence-electron chi connectivity index (χ2n) is 1.78. The van der Waals surface area contributed by atoms with Crippen LogP contribution in [0.15, 0.2) is 6.07 Å². The fourth-order valence-corrected chi connectivity index (χ4v) is 0.613. The van der Waals surface area contributed by atoms with Gasteiger partial charge < -0.3 is 9.47 Å². The highest BCUT2D eigenvalue weighted by Crippen LogP contribution is 2.15. The zero-order chi connectivity index (χ0) is 8.27. The molecule has 0 amide bonds. The van der Waals surface area contributed by atoms with E-state index in [1.165, 1.54) is 20.3 Å². The summed E-state index contributed by atoms with van der Waals surface area (Å²) in [6, 6.07) is 1.51. The fourth-order valence-electron chi connectivity index (χ4n) is 0.613. The van der Waals surface area contributed by atoms with Gasteiger partial charge in [0.1, 0.15) is 0 Å². The van der Waals surface area contributed by atoms with E-state index < -0.39 is 0 Å². The molecule has 1 heterocycles. The van der Waals surface area contributed by atoms with Crippen molar-refractivity contribution in [3.63, 3.8) is 0 Å². The van der Waals surface area contributed by atoms with Crippen LogP contribution in [0.25, 0.3) is 0 Å². The number of methoxy groups -OCH3 is 2. The minimum Gasteiger partial charge on any atom is -0.481 e. The molecule has 0 fully saturated rings. The van der Waals surface area contributed by atoms with Crippen LogP contribution in [-0.2, 0) is 0 Å². The highest BCUT2D eigenvalue weighted by molar-refractivity contribution is 5.26. The molecule has 0 saturated heterocycles. The standard InChI is InChI=1S/C6H8N3O2/c1-10-4-3-5(11-2)9-6(7)8-4/h3,7H,1-2H3. The van der Waals surface area contributed by atoms with Gasteiger partial charge in [-0.05, 0) is 0 Å². The highest BCUT2D eigenvalue weighted by Gasteiger charge is 2.00. The van der Waals surface area contributed by atoms with Crippen molar-refractivity contribution in [2.24, 2.45) is 0 Å². The van der Waals surface area contributed by atoms with Gasteiger partial charge in [0, 0.05) is 0 Å². The summed E-state index contributed by atoms with van der Waals surface area (Å²) in [5.74, 6) is 0.560. The predicted octanol–water partition coefficient (Wildman–Crippen LogP) is 0.408. The molecule has 11 heavy (non-hydrogen) atoms. The van der Waals surface area contributed by atoms with Crippen LogP contribution in [0.5, 0.6) is 11.8 Å². The summed E-state index contributed by atoms with van der Waals surface area (Å²) in [5, 5.41) is 0. The van der Waals surface area contributed by atoms with Crippen LogP contribution in [0, 0.1) is 0 Å². The molecular weight excluding hydrogens is 146 g/mol. The summed E-state index contributed by atoms with van der Waals surface area (Å²) < 4.78 is 9.57. The second-order valence-corrected chi connectivity index (χ2v) is 1.78. The second kappa shape index (κ2) is 3.05. The molecule has 0 spiro atoms. The fraction of sp³-hybridized carbons (Fsp3) is 0.333. The summed E-state index contributed by atoms with van der Waals surface area (Å²) in [4.78, 5) is 7.31. The molecule has 1 rings (SSSR count). The van der Waals surface area contributed by atoms with Crippen molar-refractivity contribution >= 4 is 5.95 Å². The SMILES string of the molecule is COc1cc(OC)nc([NH])n1.